The quantitative estimate of drug-likeness (QED) is 0.772. The fraction of sp³-hybridized carbons (Fsp3) is 0.857. The molecule has 2 aliphatic heterocycles. The van der Waals surface area contributed by atoms with Crippen LogP contribution in [-0.2, 0) is 0 Å². The minimum absolute atomic E-state index is 0.487. The van der Waals surface area contributed by atoms with Crippen molar-refractivity contribution in [2.24, 2.45) is 5.41 Å². The van der Waals surface area contributed by atoms with Gasteiger partial charge in [0.15, 0.2) is 0 Å². The molecule has 16 heavy (non-hydrogen) atoms. The number of hydrogen-bond donors (Lipinski definition) is 1. The highest BCUT2D eigenvalue weighted by molar-refractivity contribution is 5.02. The summed E-state index contributed by atoms with van der Waals surface area (Å²) in [6.45, 7) is 11.4. The van der Waals surface area contributed by atoms with E-state index in [9.17, 15) is 0 Å². The van der Waals surface area contributed by atoms with Gasteiger partial charge < -0.3 is 4.90 Å². The molecule has 0 aliphatic carbocycles. The molecule has 2 heterocycles. The lowest BCUT2D eigenvalue weighted by Gasteiger charge is -2.47. The highest BCUT2D eigenvalue weighted by Crippen LogP contribution is 2.35. The van der Waals surface area contributed by atoms with Crippen molar-refractivity contribution in [2.45, 2.75) is 58.5 Å². The summed E-state index contributed by atoms with van der Waals surface area (Å²) in [5.74, 6) is 0. The first kappa shape index (κ1) is 12.0. The van der Waals surface area contributed by atoms with Crippen molar-refractivity contribution in [3.05, 3.63) is 12.3 Å². The zero-order valence-electron chi connectivity index (χ0n) is 10.9. The first-order chi connectivity index (χ1) is 7.64. The van der Waals surface area contributed by atoms with Crippen LogP contribution in [-0.4, -0.2) is 24.2 Å². The molecule has 0 spiro atoms. The van der Waals surface area contributed by atoms with Crippen LogP contribution in [0.5, 0.6) is 0 Å². The van der Waals surface area contributed by atoms with Crippen molar-refractivity contribution in [3.63, 3.8) is 0 Å². The van der Waals surface area contributed by atoms with Crippen molar-refractivity contribution in [2.75, 3.05) is 13.1 Å². The van der Waals surface area contributed by atoms with Crippen LogP contribution in [0.4, 0.5) is 0 Å². The van der Waals surface area contributed by atoms with Gasteiger partial charge in [0.1, 0.15) is 0 Å². The molecule has 92 valence electrons. The Hall–Kier alpha value is -0.500. The third-order valence-corrected chi connectivity index (χ3v) is 4.48. The number of hydrogen-bond acceptors (Lipinski definition) is 2. The van der Waals surface area contributed by atoms with Crippen LogP contribution < -0.4 is 5.32 Å². The Bertz CT molecular complexity index is 257. The Labute approximate surface area is 100 Å². The molecular formula is C14H26N2. The third-order valence-electron chi connectivity index (χ3n) is 4.48. The van der Waals surface area contributed by atoms with Crippen molar-refractivity contribution in [3.8, 4) is 0 Å². The minimum Gasteiger partial charge on any atom is -0.359 e. The molecule has 2 saturated heterocycles. The van der Waals surface area contributed by atoms with Gasteiger partial charge >= 0.3 is 0 Å². The summed E-state index contributed by atoms with van der Waals surface area (Å²) >= 11 is 0. The molecule has 0 saturated carbocycles. The summed E-state index contributed by atoms with van der Waals surface area (Å²) < 4.78 is 0. The largest absolute Gasteiger partial charge is 0.359 e. The van der Waals surface area contributed by atoms with Crippen LogP contribution in [0.15, 0.2) is 12.3 Å². The van der Waals surface area contributed by atoms with Crippen LogP contribution in [0.25, 0.3) is 0 Å². The van der Waals surface area contributed by atoms with Gasteiger partial charge in [0.05, 0.1) is 6.17 Å². The van der Waals surface area contributed by atoms with Gasteiger partial charge in [0, 0.05) is 18.8 Å². The maximum absolute atomic E-state index is 4.29. The van der Waals surface area contributed by atoms with Crippen LogP contribution >= 0.6 is 0 Å². The van der Waals surface area contributed by atoms with E-state index in [0.29, 0.717) is 11.6 Å². The number of likely N-dealkylation sites (tertiary alicyclic amines) is 1. The van der Waals surface area contributed by atoms with E-state index in [1.54, 1.807) is 0 Å². The lowest BCUT2D eigenvalue weighted by Crippen LogP contribution is -2.56. The zero-order chi connectivity index (χ0) is 11.6. The van der Waals surface area contributed by atoms with Crippen LogP contribution in [0.2, 0.25) is 0 Å². The number of nitrogens with one attached hydrogen (secondary N) is 1. The summed E-state index contributed by atoms with van der Waals surface area (Å²) in [7, 11) is 0. The second-order valence-corrected chi connectivity index (χ2v) is 5.82. The fourth-order valence-corrected chi connectivity index (χ4v) is 2.79. The Morgan fingerprint density at radius 2 is 2.25 bits per heavy atom. The molecule has 0 amide bonds. The Morgan fingerprint density at radius 1 is 1.50 bits per heavy atom. The molecule has 2 unspecified atom stereocenters. The normalized spacial score (nSPS) is 36.5. The summed E-state index contributed by atoms with van der Waals surface area (Å²) in [6.07, 6.45) is 8.41. The summed E-state index contributed by atoms with van der Waals surface area (Å²) in [5, 5.41) is 3.52. The molecule has 2 atom stereocenters. The lowest BCUT2D eigenvalue weighted by molar-refractivity contribution is 0.0751. The molecule has 1 N–H and O–H groups in total. The molecule has 0 aromatic carbocycles. The summed E-state index contributed by atoms with van der Waals surface area (Å²) in [5.41, 5.74) is 1.84. The zero-order valence-corrected chi connectivity index (χ0v) is 10.9. The van der Waals surface area contributed by atoms with Gasteiger partial charge in [-0.2, -0.15) is 0 Å². The van der Waals surface area contributed by atoms with E-state index >= 15 is 0 Å². The standard InChI is InChI=1S/C14H26N2/c1-4-14(3)9-6-5-7-12(2)16(11-14)13-8-10-15-13/h13,15H,2,4-11H2,1,3H3. The van der Waals surface area contributed by atoms with E-state index in [1.807, 2.05) is 0 Å². The minimum atomic E-state index is 0.487. The second kappa shape index (κ2) is 4.79. The highest BCUT2D eigenvalue weighted by Gasteiger charge is 2.33. The van der Waals surface area contributed by atoms with Gasteiger partial charge in [-0.1, -0.05) is 26.8 Å². The molecule has 0 aromatic heterocycles. The van der Waals surface area contributed by atoms with E-state index in [2.05, 4.69) is 30.6 Å². The van der Waals surface area contributed by atoms with E-state index in [4.69, 9.17) is 0 Å². The Balaban J connectivity index is 2.07. The molecule has 2 nitrogen and oxygen atoms in total. The third kappa shape index (κ3) is 2.42. The smallest absolute Gasteiger partial charge is 0.0805 e. The van der Waals surface area contributed by atoms with Crippen molar-refractivity contribution < 1.29 is 0 Å². The van der Waals surface area contributed by atoms with E-state index in [1.165, 1.54) is 57.3 Å². The van der Waals surface area contributed by atoms with Gasteiger partial charge in [-0.05, 0) is 37.5 Å². The predicted octanol–water partition coefficient (Wildman–Crippen LogP) is 3.11. The fourth-order valence-electron chi connectivity index (χ4n) is 2.79. The number of rotatable bonds is 2. The van der Waals surface area contributed by atoms with Crippen molar-refractivity contribution >= 4 is 0 Å². The van der Waals surface area contributed by atoms with E-state index in [-0.39, 0.29) is 0 Å². The Kier molecular flexibility index (Phi) is 3.58. The van der Waals surface area contributed by atoms with Gasteiger partial charge in [-0.15, -0.1) is 0 Å². The average Bonchev–Trinajstić information content (AvgIpc) is 2.19. The van der Waals surface area contributed by atoms with Crippen LogP contribution in [0.1, 0.15) is 52.4 Å². The monoisotopic (exact) mass is 222 g/mol. The van der Waals surface area contributed by atoms with Crippen LogP contribution in [0.3, 0.4) is 0 Å². The molecule has 2 heteroatoms. The van der Waals surface area contributed by atoms with E-state index in [0.717, 1.165) is 0 Å². The first-order valence-corrected chi connectivity index (χ1v) is 6.82. The molecule has 0 radical (unpaired) electrons. The molecule has 2 aliphatic rings. The summed E-state index contributed by atoms with van der Waals surface area (Å²) in [6, 6.07) is 0. The summed E-state index contributed by atoms with van der Waals surface area (Å²) in [4.78, 5) is 2.55. The highest BCUT2D eigenvalue weighted by atomic mass is 15.3. The van der Waals surface area contributed by atoms with Gasteiger partial charge in [0.2, 0.25) is 0 Å². The van der Waals surface area contributed by atoms with Gasteiger partial charge in [0.25, 0.3) is 0 Å². The van der Waals surface area contributed by atoms with Crippen molar-refractivity contribution in [1.29, 1.82) is 0 Å². The predicted molar refractivity (Wildman–Crippen MR) is 69.1 cm³/mol. The number of nitrogens with zero attached hydrogens (tertiary/aromatic N) is 1. The SMILES string of the molecule is C=C1CCCCC(C)(CC)CN1C1CCN1. The molecule has 0 aromatic rings. The lowest BCUT2D eigenvalue weighted by atomic mass is 9.79. The van der Waals surface area contributed by atoms with Crippen molar-refractivity contribution in [1.82, 2.24) is 10.2 Å². The maximum atomic E-state index is 4.29. The number of allylic oxidation sites excluding steroid dienone is 1. The van der Waals surface area contributed by atoms with Gasteiger partial charge in [-0.3, -0.25) is 5.32 Å². The molecule has 0 bridgehead atoms. The maximum Gasteiger partial charge on any atom is 0.0805 e. The van der Waals surface area contributed by atoms with Gasteiger partial charge in [-0.25, -0.2) is 0 Å². The topological polar surface area (TPSA) is 15.3 Å². The first-order valence-electron chi connectivity index (χ1n) is 6.82. The second-order valence-electron chi connectivity index (χ2n) is 5.82. The van der Waals surface area contributed by atoms with Crippen LogP contribution in [0, 0.1) is 5.41 Å². The molecule has 2 fully saturated rings. The average molecular weight is 222 g/mol. The molecular weight excluding hydrogens is 196 g/mol. The van der Waals surface area contributed by atoms with E-state index < -0.39 is 0 Å². The Morgan fingerprint density at radius 3 is 2.81 bits per heavy atom. The molecule has 2 rings (SSSR count).